The highest BCUT2D eigenvalue weighted by molar-refractivity contribution is 7.89. The Bertz CT molecular complexity index is 582. The number of nitrogens with one attached hydrogen (secondary N) is 1. The average Bonchev–Trinajstić information content (AvgIpc) is 2.41. The first kappa shape index (κ1) is 18.1. The van der Waals surface area contributed by atoms with Gasteiger partial charge in [-0.2, -0.15) is 0 Å². The van der Waals surface area contributed by atoms with Gasteiger partial charge in [0, 0.05) is 20.1 Å². The van der Waals surface area contributed by atoms with Crippen molar-refractivity contribution in [2.75, 3.05) is 20.6 Å². The lowest BCUT2D eigenvalue weighted by Gasteiger charge is -2.22. The molecule has 0 aliphatic heterocycles. The number of sulfonamides is 1. The van der Waals surface area contributed by atoms with Crippen molar-refractivity contribution < 1.29 is 8.42 Å². The lowest BCUT2D eigenvalue weighted by atomic mass is 10.1. The Kier molecular flexibility index (Phi) is 6.38. The monoisotopic (exact) mass is 312 g/mol. The second-order valence-electron chi connectivity index (χ2n) is 5.87. The summed E-state index contributed by atoms with van der Waals surface area (Å²) in [4.78, 5) is 0.421. The SMILES string of the molecule is CCC(C)CN(C)S(=O)(=O)c1cc(CNC)c(C)cc1C. The van der Waals surface area contributed by atoms with Gasteiger partial charge in [0.05, 0.1) is 4.90 Å². The van der Waals surface area contributed by atoms with Gasteiger partial charge in [-0.25, -0.2) is 12.7 Å². The first-order chi connectivity index (χ1) is 9.73. The fraction of sp³-hybridized carbons (Fsp3) is 0.625. The van der Waals surface area contributed by atoms with Crippen molar-refractivity contribution in [1.82, 2.24) is 9.62 Å². The molecule has 0 saturated heterocycles. The minimum absolute atomic E-state index is 0.354. The van der Waals surface area contributed by atoms with Crippen LogP contribution in [-0.4, -0.2) is 33.4 Å². The van der Waals surface area contributed by atoms with Crippen LogP contribution < -0.4 is 5.32 Å². The molecular formula is C16H28N2O2S. The molecule has 1 aromatic carbocycles. The summed E-state index contributed by atoms with van der Waals surface area (Å²) >= 11 is 0. The molecule has 1 unspecified atom stereocenters. The lowest BCUT2D eigenvalue weighted by molar-refractivity contribution is 0.393. The van der Waals surface area contributed by atoms with Crippen LogP contribution in [0.5, 0.6) is 0 Å². The van der Waals surface area contributed by atoms with E-state index in [-0.39, 0.29) is 0 Å². The van der Waals surface area contributed by atoms with E-state index in [1.54, 1.807) is 7.05 Å². The first-order valence-corrected chi connectivity index (χ1v) is 8.89. The minimum atomic E-state index is -3.43. The van der Waals surface area contributed by atoms with Gasteiger partial charge in [-0.3, -0.25) is 0 Å². The third kappa shape index (κ3) is 4.28. The summed E-state index contributed by atoms with van der Waals surface area (Å²) in [6.45, 7) is 9.24. The van der Waals surface area contributed by atoms with Crippen LogP contribution in [0.4, 0.5) is 0 Å². The molecule has 1 aromatic rings. The Labute approximate surface area is 129 Å². The number of nitrogens with zero attached hydrogens (tertiary/aromatic N) is 1. The molecule has 0 aromatic heterocycles. The van der Waals surface area contributed by atoms with Gasteiger partial charge < -0.3 is 5.32 Å². The summed E-state index contributed by atoms with van der Waals surface area (Å²) < 4.78 is 27.0. The Morgan fingerprint density at radius 3 is 2.38 bits per heavy atom. The van der Waals surface area contributed by atoms with Gasteiger partial charge in [-0.15, -0.1) is 0 Å². The summed E-state index contributed by atoms with van der Waals surface area (Å²) in [5.41, 5.74) is 2.95. The number of rotatable bonds is 7. The molecule has 0 fully saturated rings. The predicted molar refractivity (Wildman–Crippen MR) is 88.0 cm³/mol. The zero-order valence-electron chi connectivity index (χ0n) is 14.0. The van der Waals surface area contributed by atoms with E-state index in [9.17, 15) is 8.42 Å². The predicted octanol–water partition coefficient (Wildman–Crippen LogP) is 2.69. The van der Waals surface area contributed by atoms with Crippen molar-refractivity contribution >= 4 is 10.0 Å². The highest BCUT2D eigenvalue weighted by atomic mass is 32.2. The zero-order chi connectivity index (χ0) is 16.2. The van der Waals surface area contributed by atoms with Crippen LogP contribution in [0.2, 0.25) is 0 Å². The standard InChI is InChI=1S/C16H28N2O2S/c1-7-12(2)11-18(6)21(19,20)16-9-15(10-17-5)13(3)8-14(16)4/h8-9,12,17H,7,10-11H2,1-6H3. The second kappa shape index (κ2) is 7.38. The quantitative estimate of drug-likeness (QED) is 0.842. The highest BCUT2D eigenvalue weighted by Gasteiger charge is 2.24. The molecule has 0 bridgehead atoms. The third-order valence-corrected chi connectivity index (χ3v) is 5.92. The van der Waals surface area contributed by atoms with E-state index >= 15 is 0 Å². The van der Waals surface area contributed by atoms with Gasteiger partial charge in [0.1, 0.15) is 0 Å². The molecule has 0 saturated carbocycles. The topological polar surface area (TPSA) is 49.4 Å². The number of hydrogen-bond donors (Lipinski definition) is 1. The van der Waals surface area contributed by atoms with Crippen LogP contribution in [0, 0.1) is 19.8 Å². The number of hydrogen-bond acceptors (Lipinski definition) is 3. The Morgan fingerprint density at radius 2 is 1.86 bits per heavy atom. The van der Waals surface area contributed by atoms with Gasteiger partial charge >= 0.3 is 0 Å². The Balaban J connectivity index is 3.21. The van der Waals surface area contributed by atoms with Crippen LogP contribution in [0.15, 0.2) is 17.0 Å². The van der Waals surface area contributed by atoms with Gasteiger partial charge in [0.15, 0.2) is 0 Å². The molecule has 21 heavy (non-hydrogen) atoms. The molecule has 0 heterocycles. The lowest BCUT2D eigenvalue weighted by Crippen LogP contribution is -2.31. The molecule has 4 nitrogen and oxygen atoms in total. The van der Waals surface area contributed by atoms with E-state index in [4.69, 9.17) is 0 Å². The molecule has 0 radical (unpaired) electrons. The molecule has 1 atom stereocenters. The highest BCUT2D eigenvalue weighted by Crippen LogP contribution is 2.24. The Hall–Kier alpha value is -0.910. The first-order valence-electron chi connectivity index (χ1n) is 7.45. The number of benzene rings is 1. The maximum atomic E-state index is 12.8. The fourth-order valence-electron chi connectivity index (χ4n) is 2.37. The minimum Gasteiger partial charge on any atom is -0.316 e. The largest absolute Gasteiger partial charge is 0.316 e. The van der Waals surface area contributed by atoms with Gasteiger partial charge in [0.25, 0.3) is 0 Å². The second-order valence-corrected chi connectivity index (χ2v) is 7.89. The van der Waals surface area contributed by atoms with E-state index in [2.05, 4.69) is 19.2 Å². The molecule has 0 aliphatic rings. The van der Waals surface area contributed by atoms with E-state index in [1.165, 1.54) is 4.31 Å². The summed E-state index contributed by atoms with van der Waals surface area (Å²) in [5.74, 6) is 0.354. The van der Waals surface area contributed by atoms with Gasteiger partial charge in [0.2, 0.25) is 10.0 Å². The van der Waals surface area contributed by atoms with Crippen molar-refractivity contribution in [2.24, 2.45) is 5.92 Å². The van der Waals surface area contributed by atoms with Crippen LogP contribution in [0.1, 0.15) is 37.0 Å². The average molecular weight is 312 g/mol. The summed E-state index contributed by atoms with van der Waals surface area (Å²) in [5, 5.41) is 3.09. The molecule has 0 aliphatic carbocycles. The molecule has 120 valence electrons. The van der Waals surface area contributed by atoms with Crippen molar-refractivity contribution in [3.05, 3.63) is 28.8 Å². The molecular weight excluding hydrogens is 284 g/mol. The van der Waals surface area contributed by atoms with Crippen molar-refractivity contribution in [2.45, 2.75) is 45.6 Å². The normalized spacial score (nSPS) is 13.7. The summed E-state index contributed by atoms with van der Waals surface area (Å²) in [6.07, 6.45) is 0.970. The maximum Gasteiger partial charge on any atom is 0.243 e. The van der Waals surface area contributed by atoms with Crippen molar-refractivity contribution in [1.29, 1.82) is 0 Å². The smallest absolute Gasteiger partial charge is 0.243 e. The van der Waals surface area contributed by atoms with Crippen LogP contribution in [0.25, 0.3) is 0 Å². The molecule has 5 heteroatoms. The van der Waals surface area contributed by atoms with Crippen molar-refractivity contribution in [3.8, 4) is 0 Å². The molecule has 1 N–H and O–H groups in total. The maximum absolute atomic E-state index is 12.8. The van der Waals surface area contributed by atoms with Crippen LogP contribution in [0.3, 0.4) is 0 Å². The number of aryl methyl sites for hydroxylation is 2. The van der Waals surface area contributed by atoms with Crippen LogP contribution in [-0.2, 0) is 16.6 Å². The van der Waals surface area contributed by atoms with E-state index in [0.717, 1.165) is 23.1 Å². The summed E-state index contributed by atoms with van der Waals surface area (Å²) in [7, 11) is 0.102. The van der Waals surface area contributed by atoms with E-state index < -0.39 is 10.0 Å². The third-order valence-electron chi connectivity index (χ3n) is 3.95. The van der Waals surface area contributed by atoms with E-state index in [0.29, 0.717) is 23.9 Å². The molecule has 0 amide bonds. The van der Waals surface area contributed by atoms with Crippen molar-refractivity contribution in [3.63, 3.8) is 0 Å². The molecule has 0 spiro atoms. The van der Waals surface area contributed by atoms with Crippen LogP contribution >= 0.6 is 0 Å². The zero-order valence-corrected chi connectivity index (χ0v) is 14.8. The fourth-order valence-corrected chi connectivity index (χ4v) is 3.91. The summed E-state index contributed by atoms with van der Waals surface area (Å²) in [6, 6.07) is 3.76. The Morgan fingerprint density at radius 1 is 1.24 bits per heavy atom. The van der Waals surface area contributed by atoms with E-state index in [1.807, 2.05) is 33.0 Å². The van der Waals surface area contributed by atoms with Gasteiger partial charge in [-0.05, 0) is 49.6 Å². The molecule has 1 rings (SSSR count). The van der Waals surface area contributed by atoms with Gasteiger partial charge in [-0.1, -0.05) is 26.3 Å².